The SMILES string of the molecule is COc1cccc(-c2nnc(CNC(=O)C(c3ccccc3)N(C)C)o2)c1. The summed E-state index contributed by atoms with van der Waals surface area (Å²) in [4.78, 5) is 14.5. The van der Waals surface area contributed by atoms with Crippen molar-refractivity contribution in [2.75, 3.05) is 21.2 Å². The summed E-state index contributed by atoms with van der Waals surface area (Å²) < 4.78 is 10.9. The van der Waals surface area contributed by atoms with E-state index in [1.807, 2.05) is 73.6 Å². The van der Waals surface area contributed by atoms with Gasteiger partial charge in [0.05, 0.1) is 13.7 Å². The molecule has 0 bridgehead atoms. The number of hydrogen-bond acceptors (Lipinski definition) is 6. The molecule has 0 aliphatic heterocycles. The van der Waals surface area contributed by atoms with Gasteiger partial charge in [-0.25, -0.2) is 0 Å². The lowest BCUT2D eigenvalue weighted by atomic mass is 10.1. The van der Waals surface area contributed by atoms with E-state index >= 15 is 0 Å². The van der Waals surface area contributed by atoms with Crippen molar-refractivity contribution in [2.24, 2.45) is 0 Å². The Hall–Kier alpha value is -3.19. The van der Waals surface area contributed by atoms with Crippen molar-refractivity contribution in [3.05, 3.63) is 66.1 Å². The highest BCUT2D eigenvalue weighted by Gasteiger charge is 2.23. The van der Waals surface area contributed by atoms with Crippen LogP contribution in [0.2, 0.25) is 0 Å². The number of likely N-dealkylation sites (N-methyl/N-ethyl adjacent to an activating group) is 1. The van der Waals surface area contributed by atoms with Gasteiger partial charge in [-0.05, 0) is 37.9 Å². The van der Waals surface area contributed by atoms with Crippen molar-refractivity contribution in [3.63, 3.8) is 0 Å². The summed E-state index contributed by atoms with van der Waals surface area (Å²) in [5, 5.41) is 10.9. The zero-order chi connectivity index (χ0) is 19.2. The summed E-state index contributed by atoms with van der Waals surface area (Å²) in [7, 11) is 5.33. The van der Waals surface area contributed by atoms with Crippen molar-refractivity contribution < 1.29 is 13.9 Å². The number of nitrogens with one attached hydrogen (secondary N) is 1. The standard InChI is InChI=1S/C20H22N4O3/c1-24(2)18(14-8-5-4-6-9-14)19(25)21-13-17-22-23-20(27-17)15-10-7-11-16(12-15)26-3/h4-12,18H,13H2,1-3H3,(H,21,25). The zero-order valence-corrected chi connectivity index (χ0v) is 15.5. The van der Waals surface area contributed by atoms with Gasteiger partial charge in [0.1, 0.15) is 11.8 Å². The number of nitrogens with zero attached hydrogens (tertiary/aromatic N) is 3. The molecule has 0 aliphatic rings. The lowest BCUT2D eigenvalue weighted by Crippen LogP contribution is -2.36. The molecule has 3 aromatic rings. The first-order chi connectivity index (χ1) is 13.1. The monoisotopic (exact) mass is 366 g/mol. The van der Waals surface area contributed by atoms with Crippen molar-refractivity contribution in [1.29, 1.82) is 0 Å². The first kappa shape index (κ1) is 18.6. The first-order valence-electron chi connectivity index (χ1n) is 8.54. The van der Waals surface area contributed by atoms with Gasteiger partial charge >= 0.3 is 0 Å². The summed E-state index contributed by atoms with van der Waals surface area (Å²) in [6.45, 7) is 0.160. The molecule has 27 heavy (non-hydrogen) atoms. The molecule has 0 saturated heterocycles. The Bertz CT molecular complexity index is 893. The van der Waals surface area contributed by atoms with Crippen LogP contribution in [0.15, 0.2) is 59.0 Å². The molecule has 1 amide bonds. The Morgan fingerprint density at radius 1 is 1.15 bits per heavy atom. The maximum absolute atomic E-state index is 12.7. The van der Waals surface area contributed by atoms with E-state index in [-0.39, 0.29) is 12.5 Å². The minimum absolute atomic E-state index is 0.132. The van der Waals surface area contributed by atoms with E-state index in [2.05, 4.69) is 15.5 Å². The molecule has 0 radical (unpaired) electrons. The number of aromatic nitrogens is 2. The van der Waals surface area contributed by atoms with E-state index in [9.17, 15) is 4.79 Å². The van der Waals surface area contributed by atoms with Crippen molar-refractivity contribution in [1.82, 2.24) is 20.4 Å². The predicted molar refractivity (Wildman–Crippen MR) is 101 cm³/mol. The summed E-state index contributed by atoms with van der Waals surface area (Å²) in [5.74, 6) is 1.29. The van der Waals surface area contributed by atoms with Gasteiger partial charge in [-0.2, -0.15) is 0 Å². The molecular weight excluding hydrogens is 344 g/mol. The van der Waals surface area contributed by atoms with Crippen molar-refractivity contribution in [3.8, 4) is 17.2 Å². The second kappa shape index (κ2) is 8.46. The van der Waals surface area contributed by atoms with Gasteiger partial charge in [0.15, 0.2) is 0 Å². The number of amides is 1. The van der Waals surface area contributed by atoms with Crippen LogP contribution in [0.4, 0.5) is 0 Å². The minimum atomic E-state index is -0.396. The van der Waals surface area contributed by atoms with Crippen molar-refractivity contribution >= 4 is 5.91 Å². The van der Waals surface area contributed by atoms with Crippen LogP contribution in [0.5, 0.6) is 5.75 Å². The van der Waals surface area contributed by atoms with Crippen LogP contribution in [0.3, 0.4) is 0 Å². The Morgan fingerprint density at radius 2 is 1.93 bits per heavy atom. The van der Waals surface area contributed by atoms with Crippen LogP contribution in [0, 0.1) is 0 Å². The first-order valence-corrected chi connectivity index (χ1v) is 8.54. The summed E-state index contributed by atoms with van der Waals surface area (Å²) in [6.07, 6.45) is 0. The fourth-order valence-corrected chi connectivity index (χ4v) is 2.78. The second-order valence-corrected chi connectivity index (χ2v) is 6.23. The second-order valence-electron chi connectivity index (χ2n) is 6.23. The van der Waals surface area contributed by atoms with Crippen LogP contribution in [0.25, 0.3) is 11.5 Å². The fourth-order valence-electron chi connectivity index (χ4n) is 2.78. The van der Waals surface area contributed by atoms with Crippen LogP contribution in [-0.4, -0.2) is 42.2 Å². The fraction of sp³-hybridized carbons (Fsp3) is 0.250. The molecule has 2 aromatic carbocycles. The van der Waals surface area contributed by atoms with Gasteiger partial charge in [0.25, 0.3) is 0 Å². The number of carbonyl (C=O) groups excluding carboxylic acids is 1. The van der Waals surface area contributed by atoms with E-state index in [4.69, 9.17) is 9.15 Å². The van der Waals surface area contributed by atoms with Gasteiger partial charge < -0.3 is 14.5 Å². The highest BCUT2D eigenvalue weighted by Crippen LogP contribution is 2.23. The maximum atomic E-state index is 12.7. The number of carbonyl (C=O) groups is 1. The van der Waals surface area contributed by atoms with Crippen molar-refractivity contribution in [2.45, 2.75) is 12.6 Å². The molecule has 1 atom stereocenters. The third kappa shape index (κ3) is 4.51. The summed E-state index contributed by atoms with van der Waals surface area (Å²) >= 11 is 0. The van der Waals surface area contributed by atoms with Gasteiger partial charge in [-0.1, -0.05) is 36.4 Å². The molecule has 7 nitrogen and oxygen atoms in total. The highest BCUT2D eigenvalue weighted by molar-refractivity contribution is 5.83. The lowest BCUT2D eigenvalue weighted by Gasteiger charge is -2.23. The molecule has 1 aromatic heterocycles. The number of methoxy groups -OCH3 is 1. The molecule has 7 heteroatoms. The molecule has 1 heterocycles. The molecular formula is C20H22N4O3. The third-order valence-electron chi connectivity index (χ3n) is 4.08. The average Bonchev–Trinajstić information content (AvgIpc) is 3.16. The van der Waals surface area contributed by atoms with Crippen LogP contribution in [0.1, 0.15) is 17.5 Å². The Kier molecular flexibility index (Phi) is 5.83. The van der Waals surface area contributed by atoms with E-state index in [1.165, 1.54) is 0 Å². The maximum Gasteiger partial charge on any atom is 0.247 e. The Labute approximate surface area is 158 Å². The number of ether oxygens (including phenoxy) is 1. The largest absolute Gasteiger partial charge is 0.497 e. The topological polar surface area (TPSA) is 80.5 Å². The summed E-state index contributed by atoms with van der Waals surface area (Å²) in [6, 6.07) is 16.6. The van der Waals surface area contributed by atoms with E-state index in [1.54, 1.807) is 7.11 Å². The third-order valence-corrected chi connectivity index (χ3v) is 4.08. The van der Waals surface area contributed by atoms with Crippen LogP contribution >= 0.6 is 0 Å². The zero-order valence-electron chi connectivity index (χ0n) is 15.5. The number of rotatable bonds is 7. The molecule has 1 N–H and O–H groups in total. The van der Waals surface area contributed by atoms with Gasteiger partial charge in [0, 0.05) is 5.56 Å². The quantitative estimate of drug-likeness (QED) is 0.692. The Morgan fingerprint density at radius 3 is 2.63 bits per heavy atom. The molecule has 1 unspecified atom stereocenters. The number of hydrogen-bond donors (Lipinski definition) is 1. The van der Waals surface area contributed by atoms with Gasteiger partial charge in [-0.3, -0.25) is 9.69 Å². The highest BCUT2D eigenvalue weighted by atomic mass is 16.5. The van der Waals surface area contributed by atoms with Gasteiger partial charge in [0.2, 0.25) is 17.7 Å². The summed E-state index contributed by atoms with van der Waals surface area (Å²) in [5.41, 5.74) is 1.68. The molecule has 0 spiro atoms. The molecule has 3 rings (SSSR count). The molecule has 0 fully saturated rings. The molecule has 0 saturated carbocycles. The minimum Gasteiger partial charge on any atom is -0.497 e. The normalized spacial score (nSPS) is 12.0. The van der Waals surface area contributed by atoms with Crippen LogP contribution in [-0.2, 0) is 11.3 Å². The van der Waals surface area contributed by atoms with Crippen LogP contribution < -0.4 is 10.1 Å². The molecule has 0 aliphatic carbocycles. The molecule has 140 valence electrons. The smallest absolute Gasteiger partial charge is 0.247 e. The van der Waals surface area contributed by atoms with Gasteiger partial charge in [-0.15, -0.1) is 10.2 Å². The predicted octanol–water partition coefficient (Wildman–Crippen LogP) is 2.66. The lowest BCUT2D eigenvalue weighted by molar-refractivity contribution is -0.126. The van der Waals surface area contributed by atoms with E-state index in [0.29, 0.717) is 17.5 Å². The Balaban J connectivity index is 1.67. The van der Waals surface area contributed by atoms with E-state index in [0.717, 1.165) is 11.1 Å². The average molecular weight is 366 g/mol. The van der Waals surface area contributed by atoms with E-state index < -0.39 is 6.04 Å². The number of benzene rings is 2.